The van der Waals surface area contributed by atoms with Crippen molar-refractivity contribution in [2.45, 2.75) is 46.0 Å². The maximum absolute atomic E-state index is 13.8. The number of ketones is 2. The highest BCUT2D eigenvalue weighted by Crippen LogP contribution is 2.43. The molecule has 1 atom stereocenters. The van der Waals surface area contributed by atoms with Crippen molar-refractivity contribution in [2.24, 2.45) is 0 Å². The van der Waals surface area contributed by atoms with E-state index in [1.54, 1.807) is 69.5 Å². The van der Waals surface area contributed by atoms with Gasteiger partial charge in [-0.2, -0.15) is 0 Å². The summed E-state index contributed by atoms with van der Waals surface area (Å²) in [6.07, 6.45) is 3.60. The number of carbonyl (C=O) groups excluding carboxylic acids is 2. The fourth-order valence-electron chi connectivity index (χ4n) is 3.89. The number of benzene rings is 3. The molecule has 204 valence electrons. The van der Waals surface area contributed by atoms with E-state index < -0.39 is 11.9 Å². The van der Waals surface area contributed by atoms with E-state index in [2.05, 4.69) is 31.9 Å². The lowest BCUT2D eigenvalue weighted by Gasteiger charge is -2.19. The Kier molecular flexibility index (Phi) is 10.3. The van der Waals surface area contributed by atoms with E-state index in [4.69, 9.17) is 9.47 Å². The summed E-state index contributed by atoms with van der Waals surface area (Å²) in [6, 6.07) is 13.9. The van der Waals surface area contributed by atoms with Gasteiger partial charge in [-0.05, 0) is 92.2 Å². The second-order valence-electron chi connectivity index (χ2n) is 9.33. The lowest BCUT2D eigenvalue weighted by atomic mass is 9.95. The van der Waals surface area contributed by atoms with Gasteiger partial charge in [0.1, 0.15) is 11.5 Å². The molecule has 39 heavy (non-hydrogen) atoms. The second kappa shape index (κ2) is 13.2. The first kappa shape index (κ1) is 30.3. The van der Waals surface area contributed by atoms with E-state index in [-0.39, 0.29) is 17.5 Å². The Bertz CT molecular complexity index is 1420. The first-order valence-corrected chi connectivity index (χ1v) is 14.0. The molecule has 0 aliphatic rings. The fourth-order valence-corrected chi connectivity index (χ4v) is 5.27. The van der Waals surface area contributed by atoms with Gasteiger partial charge in [0.05, 0.1) is 27.5 Å². The molecule has 0 bridgehead atoms. The average molecular weight is 658 g/mol. The number of carboxylic acids is 1. The fraction of sp³-hybridized carbons (Fsp3) is 0.258. The van der Waals surface area contributed by atoms with E-state index in [0.717, 1.165) is 11.1 Å². The number of hydrogen-bond donors (Lipinski definition) is 1. The van der Waals surface area contributed by atoms with Crippen molar-refractivity contribution in [1.82, 2.24) is 0 Å². The van der Waals surface area contributed by atoms with Crippen LogP contribution in [0, 0.1) is 0 Å². The van der Waals surface area contributed by atoms with Crippen LogP contribution in [0.1, 0.15) is 78.6 Å². The SMILES string of the molecule is CCC(=O)/C=C/c1cccc(C(=O)c2cc(OC)c(C(C)C)cc2Oc2c(Br)cc(C(C)C(=O)O)cc2Br)c1. The van der Waals surface area contributed by atoms with Crippen LogP contribution in [0.2, 0.25) is 0 Å². The molecule has 0 heterocycles. The van der Waals surface area contributed by atoms with E-state index in [1.807, 2.05) is 19.9 Å². The van der Waals surface area contributed by atoms with Gasteiger partial charge in [0.15, 0.2) is 17.3 Å². The summed E-state index contributed by atoms with van der Waals surface area (Å²) in [4.78, 5) is 37.0. The smallest absolute Gasteiger partial charge is 0.310 e. The molecule has 0 saturated carbocycles. The van der Waals surface area contributed by atoms with Crippen LogP contribution in [0.25, 0.3) is 6.08 Å². The van der Waals surface area contributed by atoms with Crippen molar-refractivity contribution in [1.29, 1.82) is 0 Å². The minimum atomic E-state index is -0.941. The van der Waals surface area contributed by atoms with Gasteiger partial charge >= 0.3 is 5.97 Å². The average Bonchev–Trinajstić information content (AvgIpc) is 2.92. The summed E-state index contributed by atoms with van der Waals surface area (Å²) in [7, 11) is 1.56. The maximum atomic E-state index is 13.8. The van der Waals surface area contributed by atoms with Crippen LogP contribution in [0.3, 0.4) is 0 Å². The Morgan fingerprint density at radius 2 is 1.64 bits per heavy atom. The van der Waals surface area contributed by atoms with E-state index in [1.165, 1.54) is 6.08 Å². The van der Waals surface area contributed by atoms with E-state index >= 15 is 0 Å². The molecule has 0 fully saturated rings. The third-order valence-electron chi connectivity index (χ3n) is 6.26. The van der Waals surface area contributed by atoms with Gasteiger partial charge in [0.25, 0.3) is 0 Å². The Balaban J connectivity index is 2.13. The minimum absolute atomic E-state index is 0.00338. The van der Waals surface area contributed by atoms with Crippen LogP contribution in [0.15, 0.2) is 63.6 Å². The molecule has 0 radical (unpaired) electrons. The van der Waals surface area contributed by atoms with Crippen molar-refractivity contribution in [3.05, 3.63) is 91.4 Å². The van der Waals surface area contributed by atoms with E-state index in [9.17, 15) is 19.5 Å². The van der Waals surface area contributed by atoms with Gasteiger partial charge in [-0.1, -0.05) is 45.0 Å². The quantitative estimate of drug-likeness (QED) is 0.164. The van der Waals surface area contributed by atoms with Crippen molar-refractivity contribution in [3.8, 4) is 17.2 Å². The molecule has 3 rings (SSSR count). The van der Waals surface area contributed by atoms with Gasteiger partial charge < -0.3 is 14.6 Å². The van der Waals surface area contributed by atoms with Crippen molar-refractivity contribution in [2.75, 3.05) is 7.11 Å². The molecular formula is C31H30Br2O6. The highest BCUT2D eigenvalue weighted by atomic mass is 79.9. The van der Waals surface area contributed by atoms with Crippen LogP contribution >= 0.6 is 31.9 Å². The lowest BCUT2D eigenvalue weighted by Crippen LogP contribution is -2.08. The topological polar surface area (TPSA) is 89.9 Å². The predicted octanol–water partition coefficient (Wildman–Crippen LogP) is 8.55. The van der Waals surface area contributed by atoms with Gasteiger partial charge in [0, 0.05) is 17.5 Å². The molecule has 0 aliphatic heterocycles. The minimum Gasteiger partial charge on any atom is -0.496 e. The summed E-state index contributed by atoms with van der Waals surface area (Å²) in [5.74, 6) is -0.562. The zero-order valence-corrected chi connectivity index (χ0v) is 25.6. The molecule has 0 saturated heterocycles. The number of halogens is 2. The molecule has 1 N–H and O–H groups in total. The third kappa shape index (κ3) is 7.25. The van der Waals surface area contributed by atoms with Crippen LogP contribution in [-0.4, -0.2) is 29.8 Å². The number of allylic oxidation sites excluding steroid dienone is 1. The number of methoxy groups -OCH3 is 1. The number of rotatable bonds is 11. The number of hydrogen-bond acceptors (Lipinski definition) is 5. The first-order valence-electron chi connectivity index (χ1n) is 12.4. The molecule has 1 unspecified atom stereocenters. The van der Waals surface area contributed by atoms with Crippen LogP contribution < -0.4 is 9.47 Å². The molecule has 0 aliphatic carbocycles. The Hall–Kier alpha value is -3.23. The predicted molar refractivity (Wildman–Crippen MR) is 159 cm³/mol. The van der Waals surface area contributed by atoms with Crippen molar-refractivity contribution < 1.29 is 29.0 Å². The van der Waals surface area contributed by atoms with E-state index in [0.29, 0.717) is 49.3 Å². The van der Waals surface area contributed by atoms with Crippen molar-refractivity contribution >= 4 is 55.5 Å². The molecule has 0 spiro atoms. The maximum Gasteiger partial charge on any atom is 0.310 e. The molecule has 3 aromatic rings. The van der Waals surface area contributed by atoms with Crippen LogP contribution in [0.4, 0.5) is 0 Å². The Labute approximate surface area is 245 Å². The lowest BCUT2D eigenvalue weighted by molar-refractivity contribution is -0.138. The number of aliphatic carboxylic acids is 1. The molecular weight excluding hydrogens is 628 g/mol. The molecule has 6 nitrogen and oxygen atoms in total. The van der Waals surface area contributed by atoms with Gasteiger partial charge in [-0.3, -0.25) is 14.4 Å². The standard InChI is InChI=1S/C31H30Br2O6/c1-6-22(34)11-10-19-8-7-9-20(12-19)29(35)24-16-27(38-5)23(17(2)3)15-28(24)39-30-25(32)13-21(14-26(30)33)18(4)31(36)37/h7-18H,6H2,1-5H3,(H,36,37)/b11-10+. The Morgan fingerprint density at radius 3 is 2.21 bits per heavy atom. The summed E-state index contributed by atoms with van der Waals surface area (Å²) < 4.78 is 13.0. The van der Waals surface area contributed by atoms with Crippen molar-refractivity contribution in [3.63, 3.8) is 0 Å². The monoisotopic (exact) mass is 656 g/mol. The summed E-state index contributed by atoms with van der Waals surface area (Å²) in [6.45, 7) is 7.43. The third-order valence-corrected chi connectivity index (χ3v) is 7.44. The highest BCUT2D eigenvalue weighted by molar-refractivity contribution is 9.11. The van der Waals surface area contributed by atoms with Gasteiger partial charge in [0.2, 0.25) is 0 Å². The zero-order chi connectivity index (χ0) is 28.9. The number of carbonyl (C=O) groups is 3. The summed E-state index contributed by atoms with van der Waals surface area (Å²) in [5.41, 5.74) is 2.90. The van der Waals surface area contributed by atoms with Crippen LogP contribution in [-0.2, 0) is 9.59 Å². The summed E-state index contributed by atoms with van der Waals surface area (Å²) >= 11 is 7.01. The highest BCUT2D eigenvalue weighted by Gasteiger charge is 2.23. The summed E-state index contributed by atoms with van der Waals surface area (Å²) in [5, 5.41) is 9.42. The zero-order valence-electron chi connectivity index (χ0n) is 22.4. The first-order chi connectivity index (χ1) is 18.5. The Morgan fingerprint density at radius 1 is 0.974 bits per heavy atom. The second-order valence-corrected chi connectivity index (χ2v) is 11.0. The van der Waals surface area contributed by atoms with Crippen LogP contribution in [0.5, 0.6) is 17.2 Å². The molecule has 3 aromatic carbocycles. The van der Waals surface area contributed by atoms with Gasteiger partial charge in [-0.15, -0.1) is 0 Å². The normalized spacial score (nSPS) is 12.0. The van der Waals surface area contributed by atoms with Gasteiger partial charge in [-0.25, -0.2) is 0 Å². The number of ether oxygens (including phenoxy) is 2. The largest absolute Gasteiger partial charge is 0.496 e. The molecule has 8 heteroatoms. The number of carboxylic acid groups (broad SMARTS) is 1. The molecule has 0 aromatic heterocycles. The molecule has 0 amide bonds.